The highest BCUT2D eigenvalue weighted by Crippen LogP contribution is 2.14. The van der Waals surface area contributed by atoms with Crippen molar-refractivity contribution in [2.75, 3.05) is 27.2 Å². The predicted octanol–water partition coefficient (Wildman–Crippen LogP) is 1.65. The Morgan fingerprint density at radius 3 is 2.62 bits per heavy atom. The maximum atomic E-state index is 11.5. The summed E-state index contributed by atoms with van der Waals surface area (Å²) in [4.78, 5) is 15.4. The zero-order valence-corrected chi connectivity index (χ0v) is 10.6. The molecule has 0 spiro atoms. The van der Waals surface area contributed by atoms with Gasteiger partial charge in [-0.15, -0.1) is 0 Å². The summed E-state index contributed by atoms with van der Waals surface area (Å²) >= 11 is 0. The van der Waals surface area contributed by atoms with E-state index in [2.05, 4.69) is 16.8 Å². The average Bonchev–Trinajstić information content (AvgIpc) is 2.43. The third kappa shape index (κ3) is 3.76. The quantitative estimate of drug-likeness (QED) is 0.775. The van der Waals surface area contributed by atoms with Gasteiger partial charge in [0.2, 0.25) is 0 Å². The molecular weight excluding hydrogens is 202 g/mol. The van der Waals surface area contributed by atoms with E-state index in [0.717, 1.165) is 38.0 Å². The molecular formula is C12H23N3O. The molecule has 16 heavy (non-hydrogen) atoms. The summed E-state index contributed by atoms with van der Waals surface area (Å²) in [5.41, 5.74) is 1.12. The third-order valence-electron chi connectivity index (χ3n) is 3.00. The molecule has 0 bridgehead atoms. The number of amides is 2. The molecule has 92 valence electrons. The molecule has 0 aromatic rings. The molecule has 1 atom stereocenters. The zero-order chi connectivity index (χ0) is 12.1. The van der Waals surface area contributed by atoms with Crippen molar-refractivity contribution < 1.29 is 4.79 Å². The van der Waals surface area contributed by atoms with E-state index >= 15 is 0 Å². The number of carbonyl (C=O) groups excluding carboxylic acids is 1. The van der Waals surface area contributed by atoms with Crippen LogP contribution >= 0.6 is 0 Å². The van der Waals surface area contributed by atoms with Crippen LogP contribution in [0.15, 0.2) is 12.3 Å². The molecule has 1 aliphatic heterocycles. The van der Waals surface area contributed by atoms with Gasteiger partial charge in [-0.3, -0.25) is 0 Å². The molecule has 1 aliphatic rings. The van der Waals surface area contributed by atoms with E-state index in [9.17, 15) is 4.79 Å². The highest BCUT2D eigenvalue weighted by molar-refractivity contribution is 5.73. The van der Waals surface area contributed by atoms with Crippen LogP contribution in [-0.2, 0) is 0 Å². The molecule has 0 radical (unpaired) electrons. The Kier molecular flexibility index (Phi) is 4.65. The Balaban J connectivity index is 2.41. The molecule has 0 aliphatic carbocycles. The van der Waals surface area contributed by atoms with Crippen LogP contribution < -0.4 is 5.32 Å². The SMILES string of the molecule is C=C(C)N1CCCC(NC(=O)N(C)C)CC1. The van der Waals surface area contributed by atoms with Crippen LogP contribution in [0.4, 0.5) is 4.79 Å². The molecule has 4 heteroatoms. The van der Waals surface area contributed by atoms with E-state index in [4.69, 9.17) is 0 Å². The van der Waals surface area contributed by atoms with Crippen molar-refractivity contribution in [3.05, 3.63) is 12.3 Å². The van der Waals surface area contributed by atoms with Crippen LogP contribution in [0.25, 0.3) is 0 Å². The number of urea groups is 1. The van der Waals surface area contributed by atoms with Gasteiger partial charge in [0.05, 0.1) is 0 Å². The van der Waals surface area contributed by atoms with Crippen LogP contribution in [0.3, 0.4) is 0 Å². The van der Waals surface area contributed by atoms with Gasteiger partial charge in [0.1, 0.15) is 0 Å². The maximum absolute atomic E-state index is 11.5. The second-order valence-corrected chi connectivity index (χ2v) is 4.69. The van der Waals surface area contributed by atoms with Crippen LogP contribution in [0.1, 0.15) is 26.2 Å². The average molecular weight is 225 g/mol. The highest BCUT2D eigenvalue weighted by Gasteiger charge is 2.18. The molecule has 1 saturated heterocycles. The van der Waals surface area contributed by atoms with Crippen LogP contribution in [0.2, 0.25) is 0 Å². The van der Waals surface area contributed by atoms with E-state index in [0.29, 0.717) is 6.04 Å². The summed E-state index contributed by atoms with van der Waals surface area (Å²) in [6.45, 7) is 8.06. The number of nitrogens with zero attached hydrogens (tertiary/aromatic N) is 2. The monoisotopic (exact) mass is 225 g/mol. The summed E-state index contributed by atoms with van der Waals surface area (Å²) in [5.74, 6) is 0. The first-order valence-electron chi connectivity index (χ1n) is 5.89. The highest BCUT2D eigenvalue weighted by atomic mass is 16.2. The minimum absolute atomic E-state index is 0.00813. The predicted molar refractivity (Wildman–Crippen MR) is 66.2 cm³/mol. The fourth-order valence-corrected chi connectivity index (χ4v) is 1.93. The molecule has 2 amide bonds. The van der Waals surface area contributed by atoms with Gasteiger partial charge in [-0.25, -0.2) is 4.79 Å². The molecule has 4 nitrogen and oxygen atoms in total. The van der Waals surface area contributed by atoms with Crippen LogP contribution in [-0.4, -0.2) is 49.1 Å². The number of likely N-dealkylation sites (tertiary alicyclic amines) is 1. The molecule has 1 fully saturated rings. The topological polar surface area (TPSA) is 35.6 Å². The van der Waals surface area contributed by atoms with Crippen molar-refractivity contribution >= 4 is 6.03 Å². The van der Waals surface area contributed by atoms with Crippen LogP contribution in [0.5, 0.6) is 0 Å². The van der Waals surface area contributed by atoms with Gasteiger partial charge in [-0.05, 0) is 26.2 Å². The summed E-state index contributed by atoms with van der Waals surface area (Å²) in [7, 11) is 3.54. The van der Waals surface area contributed by atoms with E-state index in [1.54, 1.807) is 19.0 Å². The van der Waals surface area contributed by atoms with Crippen LogP contribution in [0, 0.1) is 0 Å². The molecule has 1 heterocycles. The number of allylic oxidation sites excluding steroid dienone is 1. The third-order valence-corrected chi connectivity index (χ3v) is 3.00. The van der Waals surface area contributed by atoms with Gasteiger partial charge in [0.25, 0.3) is 0 Å². The van der Waals surface area contributed by atoms with Crippen molar-refractivity contribution in [3.8, 4) is 0 Å². The molecule has 0 aromatic carbocycles. The van der Waals surface area contributed by atoms with Gasteiger partial charge in [0.15, 0.2) is 0 Å². The van der Waals surface area contributed by atoms with Gasteiger partial charge in [-0.1, -0.05) is 6.58 Å². The molecule has 0 saturated carbocycles. The second kappa shape index (κ2) is 5.77. The minimum atomic E-state index is 0.00813. The summed E-state index contributed by atoms with van der Waals surface area (Å²) in [6, 6.07) is 0.313. The van der Waals surface area contributed by atoms with Crippen molar-refractivity contribution in [1.82, 2.24) is 15.1 Å². The van der Waals surface area contributed by atoms with Gasteiger partial charge < -0.3 is 15.1 Å². The van der Waals surface area contributed by atoms with E-state index in [-0.39, 0.29) is 6.03 Å². The Hall–Kier alpha value is -1.19. The molecule has 0 aromatic heterocycles. The minimum Gasteiger partial charge on any atom is -0.375 e. The zero-order valence-electron chi connectivity index (χ0n) is 10.6. The van der Waals surface area contributed by atoms with Crippen molar-refractivity contribution in [3.63, 3.8) is 0 Å². The smallest absolute Gasteiger partial charge is 0.317 e. The van der Waals surface area contributed by atoms with Gasteiger partial charge >= 0.3 is 6.03 Å². The lowest BCUT2D eigenvalue weighted by atomic mass is 10.1. The fourth-order valence-electron chi connectivity index (χ4n) is 1.93. The lowest BCUT2D eigenvalue weighted by Crippen LogP contribution is -2.41. The Morgan fingerprint density at radius 2 is 2.06 bits per heavy atom. The number of rotatable bonds is 2. The van der Waals surface area contributed by atoms with Crippen molar-refractivity contribution in [2.24, 2.45) is 0 Å². The molecule has 1 N–H and O–H groups in total. The number of carbonyl (C=O) groups is 1. The molecule has 1 rings (SSSR count). The Labute approximate surface area is 98.3 Å². The van der Waals surface area contributed by atoms with E-state index < -0.39 is 0 Å². The normalized spacial score (nSPS) is 21.2. The first-order valence-corrected chi connectivity index (χ1v) is 5.89. The van der Waals surface area contributed by atoms with Crippen molar-refractivity contribution in [2.45, 2.75) is 32.2 Å². The summed E-state index contributed by atoms with van der Waals surface area (Å²) in [5, 5.41) is 3.05. The standard InChI is InChI=1S/C12H23N3O/c1-10(2)15-8-5-6-11(7-9-15)13-12(16)14(3)4/h11H,1,5-9H2,2-4H3,(H,13,16). The number of hydrogen-bond donors (Lipinski definition) is 1. The van der Waals surface area contributed by atoms with Gasteiger partial charge in [-0.2, -0.15) is 0 Å². The number of nitrogens with one attached hydrogen (secondary N) is 1. The maximum Gasteiger partial charge on any atom is 0.317 e. The van der Waals surface area contributed by atoms with Crippen molar-refractivity contribution in [1.29, 1.82) is 0 Å². The molecule has 1 unspecified atom stereocenters. The largest absolute Gasteiger partial charge is 0.375 e. The van der Waals surface area contributed by atoms with E-state index in [1.807, 2.05) is 6.92 Å². The van der Waals surface area contributed by atoms with E-state index in [1.165, 1.54) is 0 Å². The lowest BCUT2D eigenvalue weighted by molar-refractivity contribution is 0.211. The lowest BCUT2D eigenvalue weighted by Gasteiger charge is -2.23. The first kappa shape index (κ1) is 12.9. The summed E-state index contributed by atoms with van der Waals surface area (Å²) < 4.78 is 0. The second-order valence-electron chi connectivity index (χ2n) is 4.69. The fraction of sp³-hybridized carbons (Fsp3) is 0.750. The first-order chi connectivity index (χ1) is 7.50. The Bertz CT molecular complexity index is 263. The number of hydrogen-bond acceptors (Lipinski definition) is 2. The van der Waals surface area contributed by atoms with Gasteiger partial charge in [0, 0.05) is 38.9 Å². The summed E-state index contributed by atoms with van der Waals surface area (Å²) in [6.07, 6.45) is 3.18. The Morgan fingerprint density at radius 1 is 1.38 bits per heavy atom.